The Labute approximate surface area is 191 Å². The average molecular weight is 477 g/mol. The second kappa shape index (κ2) is 8.46. The first-order valence-corrected chi connectivity index (χ1v) is 11.7. The summed E-state index contributed by atoms with van der Waals surface area (Å²) >= 11 is 3.49. The van der Waals surface area contributed by atoms with Gasteiger partial charge in [-0.2, -0.15) is 0 Å². The van der Waals surface area contributed by atoms with Crippen LogP contribution in [0.2, 0.25) is 0 Å². The molecular weight excluding hydrogens is 452 g/mol. The van der Waals surface area contributed by atoms with E-state index in [1.807, 2.05) is 24.3 Å². The van der Waals surface area contributed by atoms with Gasteiger partial charge in [0, 0.05) is 27.0 Å². The SMILES string of the molecule is O=[N+]([O-])C[C@H](c1ccc(Br)cc1)[C@H]1CC[C@H]2[C@H](c3ccccc3)c3ccccc3N[C@@H]21. The smallest absolute Gasteiger partial charge is 0.211 e. The lowest BCUT2D eigenvalue weighted by atomic mass is 9.72. The van der Waals surface area contributed by atoms with E-state index in [1.165, 1.54) is 16.8 Å². The number of nitro groups is 1. The molecular formula is C26H25BrN2O2. The minimum Gasteiger partial charge on any atom is -0.381 e. The third-order valence-electron chi connectivity index (χ3n) is 7.12. The highest BCUT2D eigenvalue weighted by molar-refractivity contribution is 9.10. The van der Waals surface area contributed by atoms with Crippen molar-refractivity contribution in [1.82, 2.24) is 0 Å². The van der Waals surface area contributed by atoms with E-state index in [4.69, 9.17) is 0 Å². The molecule has 1 saturated carbocycles. The summed E-state index contributed by atoms with van der Waals surface area (Å²) in [6.45, 7) is -0.0329. The number of rotatable bonds is 5. The van der Waals surface area contributed by atoms with Crippen LogP contribution in [0.25, 0.3) is 0 Å². The van der Waals surface area contributed by atoms with Gasteiger partial charge in [-0.3, -0.25) is 10.1 Å². The van der Waals surface area contributed by atoms with Crippen LogP contribution in [-0.4, -0.2) is 17.5 Å². The standard InChI is InChI=1S/C26H25BrN2O2/c27-19-12-10-17(11-13-19)23(16-29(30)31)20-14-15-22-25(18-6-2-1-3-7-18)21-8-4-5-9-24(21)28-26(20)22/h1-13,20,22-23,25-26,28H,14-16H2/t20-,22+,23-,25-,26-/m1/s1. The summed E-state index contributed by atoms with van der Waals surface area (Å²) < 4.78 is 0.995. The molecule has 5 rings (SSSR count). The average Bonchev–Trinajstić information content (AvgIpc) is 3.20. The van der Waals surface area contributed by atoms with E-state index in [0.29, 0.717) is 11.8 Å². The zero-order valence-electron chi connectivity index (χ0n) is 17.2. The number of hydrogen-bond donors (Lipinski definition) is 1. The molecule has 3 aromatic rings. The maximum Gasteiger partial charge on any atom is 0.211 e. The Bertz CT molecular complexity index is 1070. The van der Waals surface area contributed by atoms with E-state index >= 15 is 0 Å². The Kier molecular flexibility index (Phi) is 5.53. The van der Waals surface area contributed by atoms with E-state index in [2.05, 4.69) is 75.8 Å². The number of halogens is 1. The molecule has 4 nitrogen and oxygen atoms in total. The second-order valence-electron chi connectivity index (χ2n) is 8.72. The third kappa shape index (κ3) is 3.87. The normalized spacial score (nSPS) is 25.2. The minimum atomic E-state index is -0.147. The lowest BCUT2D eigenvalue weighted by Gasteiger charge is -2.40. The van der Waals surface area contributed by atoms with Gasteiger partial charge in [-0.15, -0.1) is 0 Å². The van der Waals surface area contributed by atoms with E-state index in [-0.39, 0.29) is 29.3 Å². The topological polar surface area (TPSA) is 55.2 Å². The Balaban J connectivity index is 1.55. The first-order chi connectivity index (χ1) is 15.1. The van der Waals surface area contributed by atoms with E-state index in [1.54, 1.807) is 0 Å². The number of anilines is 1. The van der Waals surface area contributed by atoms with E-state index in [0.717, 1.165) is 22.9 Å². The van der Waals surface area contributed by atoms with Gasteiger partial charge in [0.25, 0.3) is 0 Å². The van der Waals surface area contributed by atoms with Crippen LogP contribution >= 0.6 is 15.9 Å². The highest BCUT2D eigenvalue weighted by Crippen LogP contribution is 2.53. The number of fused-ring (bicyclic) bond motifs is 2. The van der Waals surface area contributed by atoms with Gasteiger partial charge in [0.15, 0.2) is 0 Å². The summed E-state index contributed by atoms with van der Waals surface area (Å²) in [4.78, 5) is 11.5. The summed E-state index contributed by atoms with van der Waals surface area (Å²) in [7, 11) is 0. The minimum absolute atomic E-state index is 0.0329. The molecule has 5 atom stereocenters. The highest BCUT2D eigenvalue weighted by atomic mass is 79.9. The van der Waals surface area contributed by atoms with Gasteiger partial charge in [0.2, 0.25) is 6.54 Å². The van der Waals surface area contributed by atoms with Crippen LogP contribution in [0.1, 0.15) is 41.4 Å². The van der Waals surface area contributed by atoms with Crippen LogP contribution in [0.4, 0.5) is 5.69 Å². The molecule has 0 amide bonds. The fourth-order valence-corrected chi connectivity index (χ4v) is 6.12. The number of nitrogens with zero attached hydrogens (tertiary/aromatic N) is 1. The fourth-order valence-electron chi connectivity index (χ4n) is 5.86. The van der Waals surface area contributed by atoms with Gasteiger partial charge in [-0.05, 0) is 59.6 Å². The van der Waals surface area contributed by atoms with Gasteiger partial charge < -0.3 is 5.32 Å². The molecule has 0 unspecified atom stereocenters. The fraction of sp³-hybridized carbons (Fsp3) is 0.308. The van der Waals surface area contributed by atoms with Crippen LogP contribution in [0.3, 0.4) is 0 Å². The Morgan fingerprint density at radius 1 is 0.968 bits per heavy atom. The zero-order chi connectivity index (χ0) is 21.4. The largest absolute Gasteiger partial charge is 0.381 e. The van der Waals surface area contributed by atoms with Gasteiger partial charge in [0.05, 0.1) is 5.92 Å². The molecule has 0 saturated heterocycles. The Hall–Kier alpha value is -2.66. The number of nitrogens with one attached hydrogen (secondary N) is 1. The van der Waals surface area contributed by atoms with E-state index in [9.17, 15) is 10.1 Å². The molecule has 1 fully saturated rings. The molecule has 158 valence electrons. The van der Waals surface area contributed by atoms with Gasteiger partial charge in [-0.1, -0.05) is 76.6 Å². The van der Waals surface area contributed by atoms with Crippen LogP contribution in [-0.2, 0) is 0 Å². The lowest BCUT2D eigenvalue weighted by molar-refractivity contribution is -0.485. The van der Waals surface area contributed by atoms with Crippen LogP contribution < -0.4 is 5.32 Å². The summed E-state index contributed by atoms with van der Waals surface area (Å²) in [6.07, 6.45) is 2.06. The highest BCUT2D eigenvalue weighted by Gasteiger charge is 2.48. The molecule has 1 aliphatic heterocycles. The van der Waals surface area contributed by atoms with Crippen molar-refractivity contribution in [3.05, 3.63) is 110 Å². The van der Waals surface area contributed by atoms with Crippen LogP contribution in [0, 0.1) is 22.0 Å². The molecule has 5 heteroatoms. The van der Waals surface area contributed by atoms with Crippen LogP contribution in [0.15, 0.2) is 83.3 Å². The molecule has 0 aromatic heterocycles. The first-order valence-electron chi connectivity index (χ1n) is 10.9. The molecule has 1 heterocycles. The molecule has 1 aliphatic carbocycles. The third-order valence-corrected chi connectivity index (χ3v) is 7.65. The maximum atomic E-state index is 11.6. The Morgan fingerprint density at radius 3 is 2.42 bits per heavy atom. The van der Waals surface area contributed by atoms with E-state index < -0.39 is 0 Å². The van der Waals surface area contributed by atoms with Crippen molar-refractivity contribution in [2.75, 3.05) is 11.9 Å². The van der Waals surface area contributed by atoms with Crippen molar-refractivity contribution >= 4 is 21.6 Å². The van der Waals surface area contributed by atoms with Crippen molar-refractivity contribution in [2.45, 2.75) is 30.7 Å². The summed E-state index contributed by atoms with van der Waals surface area (Å²) in [5, 5.41) is 15.4. The van der Waals surface area contributed by atoms with Crippen molar-refractivity contribution in [2.24, 2.45) is 11.8 Å². The van der Waals surface area contributed by atoms with Crippen molar-refractivity contribution < 1.29 is 4.92 Å². The zero-order valence-corrected chi connectivity index (χ0v) is 18.7. The number of benzene rings is 3. The molecule has 0 bridgehead atoms. The van der Waals surface area contributed by atoms with Gasteiger partial charge in [0.1, 0.15) is 0 Å². The van der Waals surface area contributed by atoms with Crippen molar-refractivity contribution in [3.8, 4) is 0 Å². The molecule has 1 N–H and O–H groups in total. The summed E-state index contributed by atoms with van der Waals surface area (Å²) in [5.41, 5.74) is 4.90. The second-order valence-corrected chi connectivity index (χ2v) is 9.64. The maximum absolute atomic E-state index is 11.6. The monoisotopic (exact) mass is 476 g/mol. The number of para-hydroxylation sites is 1. The summed E-state index contributed by atoms with van der Waals surface area (Å²) in [5.74, 6) is 0.852. The van der Waals surface area contributed by atoms with Gasteiger partial charge >= 0.3 is 0 Å². The first kappa shape index (κ1) is 20.3. The number of hydrogen-bond acceptors (Lipinski definition) is 3. The molecule has 2 aliphatic rings. The lowest BCUT2D eigenvalue weighted by Crippen LogP contribution is -2.41. The predicted molar refractivity (Wildman–Crippen MR) is 127 cm³/mol. The van der Waals surface area contributed by atoms with Crippen molar-refractivity contribution in [3.63, 3.8) is 0 Å². The molecule has 31 heavy (non-hydrogen) atoms. The molecule has 0 radical (unpaired) electrons. The molecule has 0 spiro atoms. The predicted octanol–water partition coefficient (Wildman–Crippen LogP) is 6.46. The van der Waals surface area contributed by atoms with Gasteiger partial charge in [-0.25, -0.2) is 0 Å². The molecule has 3 aromatic carbocycles. The Morgan fingerprint density at radius 2 is 1.68 bits per heavy atom. The summed E-state index contributed by atoms with van der Waals surface area (Å²) in [6, 6.07) is 27.6. The quantitative estimate of drug-likeness (QED) is 0.339. The van der Waals surface area contributed by atoms with Crippen molar-refractivity contribution in [1.29, 1.82) is 0 Å². The van der Waals surface area contributed by atoms with Crippen LogP contribution in [0.5, 0.6) is 0 Å².